The minimum absolute atomic E-state index is 0.0862. The van der Waals surface area contributed by atoms with Gasteiger partial charge in [0.1, 0.15) is 5.82 Å². The van der Waals surface area contributed by atoms with Gasteiger partial charge in [-0.1, -0.05) is 23.8 Å². The van der Waals surface area contributed by atoms with Gasteiger partial charge in [-0.25, -0.2) is 4.39 Å². The third-order valence-electron chi connectivity index (χ3n) is 3.71. The zero-order valence-corrected chi connectivity index (χ0v) is 10.5. The van der Waals surface area contributed by atoms with Gasteiger partial charge in [0.25, 0.3) is 5.91 Å². The van der Waals surface area contributed by atoms with E-state index in [1.807, 2.05) is 4.90 Å². The quantitative estimate of drug-likeness (QED) is 0.713. The van der Waals surface area contributed by atoms with E-state index in [1.165, 1.54) is 18.2 Å². The lowest BCUT2D eigenvalue weighted by molar-refractivity contribution is 0.0689. The number of hydrogen-bond acceptors (Lipinski definition) is 1. The monoisotopic (exact) mass is 265 g/mol. The maximum Gasteiger partial charge on any atom is 0.256 e. The molecule has 0 saturated carbocycles. The lowest BCUT2D eigenvalue weighted by Crippen LogP contribution is -2.42. The van der Waals surface area contributed by atoms with Crippen molar-refractivity contribution in [1.82, 2.24) is 4.90 Å². The van der Waals surface area contributed by atoms with E-state index in [4.69, 9.17) is 11.6 Å². The minimum Gasteiger partial charge on any atom is -0.329 e. The summed E-state index contributed by atoms with van der Waals surface area (Å²) in [5.74, 6) is -0.505. The van der Waals surface area contributed by atoms with Gasteiger partial charge in [0.15, 0.2) is 0 Å². The Bertz CT molecular complexity index is 529. The third-order valence-corrected chi connectivity index (χ3v) is 4.02. The predicted molar refractivity (Wildman–Crippen MR) is 68.1 cm³/mol. The summed E-state index contributed by atoms with van der Waals surface area (Å²) in [7, 11) is 0. The third kappa shape index (κ3) is 1.83. The maximum atomic E-state index is 13.0. The second-order valence-electron chi connectivity index (χ2n) is 4.80. The zero-order chi connectivity index (χ0) is 12.7. The van der Waals surface area contributed by atoms with E-state index in [9.17, 15) is 9.18 Å². The first-order valence-electron chi connectivity index (χ1n) is 6.11. The fourth-order valence-electron chi connectivity index (χ4n) is 2.84. The normalized spacial score (nSPS) is 25.6. The fourth-order valence-corrected chi connectivity index (χ4v) is 3.09. The van der Waals surface area contributed by atoms with Crippen molar-refractivity contribution in [3.63, 3.8) is 0 Å². The molecular weight excluding hydrogens is 253 g/mol. The summed E-state index contributed by atoms with van der Waals surface area (Å²) in [5, 5.41) is 0.189. The van der Waals surface area contributed by atoms with Crippen LogP contribution in [0, 0.1) is 5.82 Å². The van der Waals surface area contributed by atoms with Gasteiger partial charge >= 0.3 is 0 Å². The molecule has 1 fully saturated rings. The Balaban J connectivity index is 1.93. The van der Waals surface area contributed by atoms with E-state index in [0.29, 0.717) is 5.56 Å². The average Bonchev–Trinajstić information content (AvgIpc) is 2.58. The summed E-state index contributed by atoms with van der Waals surface area (Å²) in [6, 6.07) is 4.39. The summed E-state index contributed by atoms with van der Waals surface area (Å²) in [6.45, 7) is 0. The molecule has 2 aliphatic heterocycles. The molecule has 1 saturated heterocycles. The Kier molecular flexibility index (Phi) is 2.86. The average molecular weight is 266 g/mol. The molecule has 2 atom stereocenters. The first-order valence-corrected chi connectivity index (χ1v) is 6.49. The highest BCUT2D eigenvalue weighted by atomic mass is 35.5. The molecule has 0 radical (unpaired) electrons. The first kappa shape index (κ1) is 11.7. The Morgan fingerprint density at radius 2 is 2.22 bits per heavy atom. The van der Waals surface area contributed by atoms with E-state index in [2.05, 4.69) is 12.2 Å². The zero-order valence-electron chi connectivity index (χ0n) is 9.77. The van der Waals surface area contributed by atoms with E-state index in [1.54, 1.807) is 0 Å². The molecular formula is C14H13ClFNO. The molecule has 2 bridgehead atoms. The molecule has 3 rings (SSSR count). The van der Waals surface area contributed by atoms with E-state index >= 15 is 0 Å². The van der Waals surface area contributed by atoms with Gasteiger partial charge in [0.05, 0.1) is 16.6 Å². The van der Waals surface area contributed by atoms with Gasteiger partial charge in [-0.2, -0.15) is 0 Å². The van der Waals surface area contributed by atoms with Gasteiger partial charge in [-0.3, -0.25) is 4.79 Å². The largest absolute Gasteiger partial charge is 0.329 e. The Labute approximate surface area is 110 Å². The van der Waals surface area contributed by atoms with Gasteiger partial charge in [0, 0.05) is 6.04 Å². The van der Waals surface area contributed by atoms with Gasteiger partial charge in [0.2, 0.25) is 0 Å². The highest BCUT2D eigenvalue weighted by Crippen LogP contribution is 2.33. The van der Waals surface area contributed by atoms with Crippen LogP contribution in [-0.2, 0) is 0 Å². The molecule has 2 unspecified atom stereocenters. The summed E-state index contributed by atoms with van der Waals surface area (Å²) < 4.78 is 13.0. The van der Waals surface area contributed by atoms with Crippen LogP contribution in [-0.4, -0.2) is 22.9 Å². The van der Waals surface area contributed by atoms with Crippen LogP contribution >= 0.6 is 11.6 Å². The predicted octanol–water partition coefficient (Wildman–Crippen LogP) is 3.41. The number of rotatable bonds is 1. The van der Waals surface area contributed by atoms with Crippen molar-refractivity contribution in [2.45, 2.75) is 31.3 Å². The smallest absolute Gasteiger partial charge is 0.256 e. The van der Waals surface area contributed by atoms with Crippen LogP contribution < -0.4 is 0 Å². The highest BCUT2D eigenvalue weighted by molar-refractivity contribution is 6.33. The second kappa shape index (κ2) is 4.39. The first-order chi connectivity index (χ1) is 8.66. The van der Waals surface area contributed by atoms with Crippen LogP contribution in [0.2, 0.25) is 5.02 Å². The van der Waals surface area contributed by atoms with Crippen molar-refractivity contribution in [3.8, 4) is 0 Å². The van der Waals surface area contributed by atoms with E-state index in [-0.39, 0.29) is 23.0 Å². The topological polar surface area (TPSA) is 20.3 Å². The van der Waals surface area contributed by atoms with E-state index < -0.39 is 5.82 Å². The fraction of sp³-hybridized carbons (Fsp3) is 0.357. The second-order valence-corrected chi connectivity index (χ2v) is 5.21. The standard InChI is InChI=1S/C14H13ClFNO/c15-13-8-9(16)4-7-12(13)14(18)17-10-2-1-3-11(17)6-5-10/h1-2,4,7-8,10-11H,3,5-6H2. The Morgan fingerprint density at radius 3 is 2.94 bits per heavy atom. The molecule has 2 heterocycles. The maximum absolute atomic E-state index is 13.0. The molecule has 1 aromatic rings. The SMILES string of the molecule is O=C(c1ccc(F)cc1Cl)N1C2C=CCC1CC2. The van der Waals surface area contributed by atoms with E-state index in [0.717, 1.165) is 19.3 Å². The number of hydrogen-bond donors (Lipinski definition) is 0. The summed E-state index contributed by atoms with van der Waals surface area (Å²) >= 11 is 5.95. The van der Waals surface area contributed by atoms with Gasteiger partial charge in [-0.05, 0) is 37.5 Å². The van der Waals surface area contributed by atoms with Crippen LogP contribution in [0.15, 0.2) is 30.4 Å². The Morgan fingerprint density at radius 1 is 1.39 bits per heavy atom. The lowest BCUT2D eigenvalue weighted by atomic mass is 10.1. The molecule has 0 spiro atoms. The van der Waals surface area contributed by atoms with Crippen LogP contribution in [0.4, 0.5) is 4.39 Å². The van der Waals surface area contributed by atoms with Crippen LogP contribution in [0.5, 0.6) is 0 Å². The van der Waals surface area contributed by atoms with Crippen molar-refractivity contribution in [1.29, 1.82) is 0 Å². The molecule has 4 heteroatoms. The summed E-state index contributed by atoms with van der Waals surface area (Å²) in [6.07, 6.45) is 7.16. The summed E-state index contributed by atoms with van der Waals surface area (Å²) in [4.78, 5) is 14.4. The molecule has 1 amide bonds. The molecule has 2 nitrogen and oxygen atoms in total. The molecule has 2 aliphatic rings. The van der Waals surface area contributed by atoms with Crippen LogP contribution in [0.25, 0.3) is 0 Å². The Hall–Kier alpha value is -1.35. The van der Waals surface area contributed by atoms with Gasteiger partial charge in [-0.15, -0.1) is 0 Å². The minimum atomic E-state index is -0.418. The number of carbonyl (C=O) groups is 1. The van der Waals surface area contributed by atoms with Crippen molar-refractivity contribution < 1.29 is 9.18 Å². The molecule has 0 N–H and O–H groups in total. The highest BCUT2D eigenvalue weighted by Gasteiger charge is 2.37. The van der Waals surface area contributed by atoms with Gasteiger partial charge < -0.3 is 4.90 Å². The van der Waals surface area contributed by atoms with Crippen molar-refractivity contribution in [2.75, 3.05) is 0 Å². The molecule has 1 aromatic carbocycles. The van der Waals surface area contributed by atoms with Crippen molar-refractivity contribution >= 4 is 17.5 Å². The number of halogens is 2. The van der Waals surface area contributed by atoms with Crippen molar-refractivity contribution in [2.24, 2.45) is 0 Å². The molecule has 0 aliphatic carbocycles. The molecule has 0 aromatic heterocycles. The number of fused-ring (bicyclic) bond motifs is 2. The number of nitrogens with zero attached hydrogens (tertiary/aromatic N) is 1. The summed E-state index contributed by atoms with van der Waals surface area (Å²) in [5.41, 5.74) is 0.394. The number of amides is 1. The number of carbonyl (C=O) groups excluding carboxylic acids is 1. The number of benzene rings is 1. The molecule has 94 valence electrons. The van der Waals surface area contributed by atoms with Crippen molar-refractivity contribution in [3.05, 3.63) is 46.8 Å². The van der Waals surface area contributed by atoms with Crippen LogP contribution in [0.3, 0.4) is 0 Å². The lowest BCUT2D eigenvalue weighted by Gasteiger charge is -2.31. The van der Waals surface area contributed by atoms with Crippen LogP contribution in [0.1, 0.15) is 29.6 Å². The molecule has 18 heavy (non-hydrogen) atoms.